The van der Waals surface area contributed by atoms with Gasteiger partial charge in [-0.05, 0) is 38.7 Å². The van der Waals surface area contributed by atoms with Crippen LogP contribution < -0.4 is 4.74 Å². The highest BCUT2D eigenvalue weighted by molar-refractivity contribution is 5.92. The Morgan fingerprint density at radius 3 is 2.66 bits per heavy atom. The summed E-state index contributed by atoms with van der Waals surface area (Å²) in [6.07, 6.45) is 6.57. The van der Waals surface area contributed by atoms with Gasteiger partial charge in [-0.25, -0.2) is 19.6 Å². The largest absolute Gasteiger partial charge is 0.477 e. The molecule has 0 aromatic carbocycles. The molecule has 1 aliphatic rings. The second kappa shape index (κ2) is 8.02. The third kappa shape index (κ3) is 4.13. The van der Waals surface area contributed by atoms with Crippen molar-refractivity contribution in [3.05, 3.63) is 48.1 Å². The van der Waals surface area contributed by atoms with Gasteiger partial charge in [0.15, 0.2) is 5.82 Å². The number of carbonyl (C=O) groups excluding carboxylic acids is 1. The zero-order valence-electron chi connectivity index (χ0n) is 16.9. The van der Waals surface area contributed by atoms with E-state index < -0.39 is 0 Å². The Morgan fingerprint density at radius 1 is 1.21 bits per heavy atom. The first kappa shape index (κ1) is 19.1. The van der Waals surface area contributed by atoms with Crippen LogP contribution >= 0.6 is 0 Å². The summed E-state index contributed by atoms with van der Waals surface area (Å²) in [6.45, 7) is 5.95. The number of aryl methyl sites for hydroxylation is 3. The maximum absolute atomic E-state index is 12.6. The van der Waals surface area contributed by atoms with Crippen molar-refractivity contribution >= 4 is 5.91 Å². The lowest BCUT2D eigenvalue weighted by atomic mass is 9.97. The van der Waals surface area contributed by atoms with Crippen LogP contribution in [0.1, 0.15) is 34.7 Å². The molecule has 0 radical (unpaired) electrons. The van der Waals surface area contributed by atoms with Crippen molar-refractivity contribution in [3.63, 3.8) is 0 Å². The van der Waals surface area contributed by atoms with Crippen LogP contribution in [0.5, 0.6) is 5.88 Å². The first-order valence-corrected chi connectivity index (χ1v) is 9.75. The van der Waals surface area contributed by atoms with Crippen molar-refractivity contribution in [1.82, 2.24) is 34.2 Å². The van der Waals surface area contributed by atoms with E-state index in [2.05, 4.69) is 20.1 Å². The number of carbonyl (C=O) groups is 1. The molecule has 3 aromatic heterocycles. The van der Waals surface area contributed by atoms with E-state index >= 15 is 0 Å². The van der Waals surface area contributed by atoms with Crippen LogP contribution in [0.15, 0.2) is 31.0 Å². The van der Waals surface area contributed by atoms with Crippen molar-refractivity contribution in [2.24, 2.45) is 13.0 Å². The number of amides is 1. The Labute approximate surface area is 169 Å². The lowest BCUT2D eigenvalue weighted by Gasteiger charge is -2.31. The number of imidazole rings is 1. The molecule has 9 nitrogen and oxygen atoms in total. The third-order valence-corrected chi connectivity index (χ3v) is 5.26. The fourth-order valence-corrected chi connectivity index (χ4v) is 3.62. The van der Waals surface area contributed by atoms with Gasteiger partial charge in [0.05, 0.1) is 24.8 Å². The first-order chi connectivity index (χ1) is 14.0. The van der Waals surface area contributed by atoms with E-state index in [1.54, 1.807) is 27.8 Å². The molecule has 1 saturated heterocycles. The van der Waals surface area contributed by atoms with Crippen LogP contribution in [0, 0.1) is 19.8 Å². The predicted octanol–water partition coefficient (Wildman–Crippen LogP) is 1.94. The van der Waals surface area contributed by atoms with Crippen molar-refractivity contribution in [1.29, 1.82) is 0 Å². The molecule has 0 atom stereocenters. The van der Waals surface area contributed by atoms with Gasteiger partial charge in [-0.3, -0.25) is 4.79 Å². The van der Waals surface area contributed by atoms with E-state index in [0.29, 0.717) is 29.9 Å². The van der Waals surface area contributed by atoms with Gasteiger partial charge in [-0.1, -0.05) is 0 Å². The number of likely N-dealkylation sites (tertiary alicyclic amines) is 1. The van der Waals surface area contributed by atoms with Crippen molar-refractivity contribution in [2.45, 2.75) is 26.7 Å². The van der Waals surface area contributed by atoms with Crippen LogP contribution in [0.25, 0.3) is 5.82 Å². The molecule has 1 aliphatic heterocycles. The summed E-state index contributed by atoms with van der Waals surface area (Å²) >= 11 is 0. The molecule has 0 N–H and O–H groups in total. The molecule has 1 fully saturated rings. The van der Waals surface area contributed by atoms with Gasteiger partial charge in [0.2, 0.25) is 5.88 Å². The summed E-state index contributed by atoms with van der Waals surface area (Å²) in [6, 6.07) is 3.81. The van der Waals surface area contributed by atoms with E-state index in [1.807, 2.05) is 31.9 Å². The number of hydrogen-bond donors (Lipinski definition) is 0. The number of piperidine rings is 1. The second-order valence-corrected chi connectivity index (χ2v) is 7.49. The average Bonchev–Trinajstić information content (AvgIpc) is 3.31. The standard InChI is InChI=1S/C20H25N7O2/c1-14-8-15(2)27(24-14)18-9-19(23-12-22-18)29-11-16-4-6-26(7-5-16)20(28)17-10-21-13-25(17)3/h8-10,12-13,16H,4-7,11H2,1-3H3. The van der Waals surface area contributed by atoms with E-state index in [0.717, 1.165) is 37.3 Å². The zero-order valence-corrected chi connectivity index (χ0v) is 16.9. The normalized spacial score (nSPS) is 14.9. The molecule has 1 amide bonds. The number of aromatic nitrogens is 6. The highest BCUT2D eigenvalue weighted by Crippen LogP contribution is 2.21. The molecule has 0 unspecified atom stereocenters. The highest BCUT2D eigenvalue weighted by atomic mass is 16.5. The predicted molar refractivity (Wildman–Crippen MR) is 106 cm³/mol. The molecule has 9 heteroatoms. The van der Waals surface area contributed by atoms with Crippen LogP contribution in [0.3, 0.4) is 0 Å². The molecule has 0 aliphatic carbocycles. The van der Waals surface area contributed by atoms with E-state index in [-0.39, 0.29) is 5.91 Å². The molecule has 0 saturated carbocycles. The minimum atomic E-state index is 0.0368. The van der Waals surface area contributed by atoms with Gasteiger partial charge < -0.3 is 14.2 Å². The summed E-state index contributed by atoms with van der Waals surface area (Å²) < 4.78 is 9.47. The summed E-state index contributed by atoms with van der Waals surface area (Å²) in [5.41, 5.74) is 2.57. The molecule has 3 aromatic rings. The maximum atomic E-state index is 12.6. The van der Waals surface area contributed by atoms with Crippen molar-refractivity contribution in [2.75, 3.05) is 19.7 Å². The van der Waals surface area contributed by atoms with Gasteiger partial charge >= 0.3 is 0 Å². The number of hydrogen-bond acceptors (Lipinski definition) is 6. The molecular weight excluding hydrogens is 370 g/mol. The summed E-state index contributed by atoms with van der Waals surface area (Å²) in [7, 11) is 1.84. The quantitative estimate of drug-likeness (QED) is 0.656. The number of ether oxygens (including phenoxy) is 1. The topological polar surface area (TPSA) is 91.0 Å². The molecule has 0 spiro atoms. The fraction of sp³-hybridized carbons (Fsp3) is 0.450. The van der Waals surface area contributed by atoms with Crippen LogP contribution in [-0.2, 0) is 7.05 Å². The highest BCUT2D eigenvalue weighted by Gasteiger charge is 2.25. The van der Waals surface area contributed by atoms with Gasteiger partial charge in [-0.2, -0.15) is 5.10 Å². The third-order valence-electron chi connectivity index (χ3n) is 5.26. The number of rotatable bonds is 5. The number of nitrogens with zero attached hydrogens (tertiary/aromatic N) is 7. The van der Waals surface area contributed by atoms with Crippen LogP contribution in [0.4, 0.5) is 0 Å². The minimum Gasteiger partial charge on any atom is -0.477 e. The Kier molecular flexibility index (Phi) is 5.28. The zero-order chi connectivity index (χ0) is 20.4. The Morgan fingerprint density at radius 2 is 2.00 bits per heavy atom. The smallest absolute Gasteiger partial charge is 0.272 e. The molecule has 4 heterocycles. The average molecular weight is 395 g/mol. The van der Waals surface area contributed by atoms with E-state index in [1.165, 1.54) is 6.33 Å². The van der Waals surface area contributed by atoms with E-state index in [9.17, 15) is 4.79 Å². The SMILES string of the molecule is Cc1cc(C)n(-c2cc(OCC3CCN(C(=O)c4cncn4C)CC3)ncn2)n1. The lowest BCUT2D eigenvalue weighted by Crippen LogP contribution is -2.40. The minimum absolute atomic E-state index is 0.0368. The van der Waals surface area contributed by atoms with Gasteiger partial charge in [0.25, 0.3) is 5.91 Å². The lowest BCUT2D eigenvalue weighted by molar-refractivity contribution is 0.0650. The molecule has 4 rings (SSSR count). The Balaban J connectivity index is 1.32. The van der Waals surface area contributed by atoms with Gasteiger partial charge in [0.1, 0.15) is 12.0 Å². The van der Waals surface area contributed by atoms with E-state index in [4.69, 9.17) is 4.74 Å². The molecular formula is C20H25N7O2. The summed E-state index contributed by atoms with van der Waals surface area (Å²) in [5.74, 6) is 1.65. The Hall–Kier alpha value is -3.23. The monoisotopic (exact) mass is 395 g/mol. The Bertz CT molecular complexity index is 1000. The molecule has 152 valence electrons. The molecule has 0 bridgehead atoms. The van der Waals surface area contributed by atoms with Crippen LogP contribution in [-0.4, -0.2) is 59.8 Å². The summed E-state index contributed by atoms with van der Waals surface area (Å²) in [4.78, 5) is 27.0. The molecule has 29 heavy (non-hydrogen) atoms. The van der Waals surface area contributed by atoms with Gasteiger partial charge in [0, 0.05) is 31.9 Å². The van der Waals surface area contributed by atoms with Crippen molar-refractivity contribution in [3.8, 4) is 11.7 Å². The second-order valence-electron chi connectivity index (χ2n) is 7.49. The summed E-state index contributed by atoms with van der Waals surface area (Å²) in [5, 5.41) is 4.45. The fourth-order valence-electron chi connectivity index (χ4n) is 3.62. The van der Waals surface area contributed by atoms with Crippen LogP contribution in [0.2, 0.25) is 0 Å². The first-order valence-electron chi connectivity index (χ1n) is 9.75. The maximum Gasteiger partial charge on any atom is 0.272 e. The van der Waals surface area contributed by atoms with Crippen molar-refractivity contribution < 1.29 is 9.53 Å². The van der Waals surface area contributed by atoms with Gasteiger partial charge in [-0.15, -0.1) is 0 Å².